The largest absolute Gasteiger partial charge is 0.325 e. The van der Waals surface area contributed by atoms with Crippen molar-refractivity contribution >= 4 is 33.2 Å². The van der Waals surface area contributed by atoms with E-state index in [2.05, 4.69) is 5.32 Å². The third kappa shape index (κ3) is 4.03. The van der Waals surface area contributed by atoms with Gasteiger partial charge in [-0.25, -0.2) is 8.42 Å². The maximum Gasteiger partial charge on any atom is 0.243 e. The van der Waals surface area contributed by atoms with Crippen LogP contribution in [0.1, 0.15) is 19.3 Å². The Morgan fingerprint density at radius 1 is 1.04 bits per heavy atom. The number of sulfonamides is 1. The lowest BCUT2D eigenvalue weighted by atomic mass is 10.0. The van der Waals surface area contributed by atoms with Crippen LogP contribution in [0, 0.1) is 0 Å². The van der Waals surface area contributed by atoms with Gasteiger partial charge < -0.3 is 5.32 Å². The van der Waals surface area contributed by atoms with E-state index in [0.29, 0.717) is 23.7 Å². The second kappa shape index (κ2) is 7.56. The number of carbonyl (C=O) groups is 1. The molecule has 0 radical (unpaired) electrons. The van der Waals surface area contributed by atoms with Crippen LogP contribution in [0.5, 0.6) is 0 Å². The van der Waals surface area contributed by atoms with Crippen molar-refractivity contribution in [2.75, 3.05) is 11.9 Å². The Morgan fingerprint density at radius 2 is 1.72 bits per heavy atom. The summed E-state index contributed by atoms with van der Waals surface area (Å²) < 4.78 is 27.2. The molecule has 0 unspecified atom stereocenters. The van der Waals surface area contributed by atoms with Gasteiger partial charge in [-0.15, -0.1) is 0 Å². The van der Waals surface area contributed by atoms with Crippen LogP contribution in [0.3, 0.4) is 0 Å². The normalized spacial score (nSPS) is 18.7. The molecule has 1 amide bonds. The van der Waals surface area contributed by atoms with Crippen LogP contribution in [0.2, 0.25) is 5.02 Å². The molecule has 3 rings (SSSR count). The summed E-state index contributed by atoms with van der Waals surface area (Å²) in [7, 11) is -3.70. The van der Waals surface area contributed by atoms with Crippen LogP contribution in [-0.4, -0.2) is 31.2 Å². The molecule has 2 aromatic carbocycles. The predicted octanol–water partition coefficient (Wildman–Crippen LogP) is 3.52. The van der Waals surface area contributed by atoms with Crippen molar-refractivity contribution in [3.8, 4) is 0 Å². The average molecular weight is 379 g/mol. The minimum Gasteiger partial charge on any atom is -0.325 e. The Morgan fingerprint density at radius 3 is 2.40 bits per heavy atom. The van der Waals surface area contributed by atoms with E-state index in [9.17, 15) is 13.2 Å². The molecule has 1 aliphatic heterocycles. The number of hydrogen-bond acceptors (Lipinski definition) is 3. The van der Waals surface area contributed by atoms with Gasteiger partial charge in [0.25, 0.3) is 0 Å². The number of piperidine rings is 1. The zero-order chi connectivity index (χ0) is 17.9. The lowest BCUT2D eigenvalue weighted by Gasteiger charge is -2.33. The number of benzene rings is 2. The van der Waals surface area contributed by atoms with Crippen LogP contribution in [0.25, 0.3) is 0 Å². The topological polar surface area (TPSA) is 66.5 Å². The zero-order valence-corrected chi connectivity index (χ0v) is 15.1. The molecule has 1 heterocycles. The summed E-state index contributed by atoms with van der Waals surface area (Å²) in [5, 5.41) is 3.36. The van der Waals surface area contributed by atoms with Crippen molar-refractivity contribution in [2.45, 2.75) is 30.2 Å². The highest BCUT2D eigenvalue weighted by molar-refractivity contribution is 7.89. The summed E-state index contributed by atoms with van der Waals surface area (Å²) in [6, 6.07) is 14.3. The fourth-order valence-corrected chi connectivity index (χ4v) is 4.74. The Labute approximate surface area is 152 Å². The molecule has 25 heavy (non-hydrogen) atoms. The van der Waals surface area contributed by atoms with Crippen LogP contribution in [0.4, 0.5) is 5.69 Å². The quantitative estimate of drug-likeness (QED) is 0.885. The molecule has 0 aliphatic carbocycles. The minimum atomic E-state index is -3.70. The fourth-order valence-electron chi connectivity index (χ4n) is 2.94. The van der Waals surface area contributed by atoms with Gasteiger partial charge in [0.05, 0.1) is 4.90 Å². The van der Waals surface area contributed by atoms with E-state index in [1.54, 1.807) is 54.6 Å². The van der Waals surface area contributed by atoms with E-state index >= 15 is 0 Å². The highest BCUT2D eigenvalue weighted by Gasteiger charge is 2.37. The molecule has 1 atom stereocenters. The third-order valence-electron chi connectivity index (χ3n) is 4.22. The van der Waals surface area contributed by atoms with Crippen molar-refractivity contribution in [2.24, 2.45) is 0 Å². The van der Waals surface area contributed by atoms with Gasteiger partial charge in [0.1, 0.15) is 6.04 Å². The van der Waals surface area contributed by atoms with Crippen molar-refractivity contribution in [1.29, 1.82) is 0 Å². The molecule has 1 fully saturated rings. The summed E-state index contributed by atoms with van der Waals surface area (Å²) in [5.74, 6) is -0.318. The highest BCUT2D eigenvalue weighted by atomic mass is 35.5. The number of hydrogen-bond donors (Lipinski definition) is 1. The molecule has 0 spiro atoms. The van der Waals surface area contributed by atoms with E-state index in [-0.39, 0.29) is 10.8 Å². The number of nitrogens with zero attached hydrogens (tertiary/aromatic N) is 1. The van der Waals surface area contributed by atoms with Gasteiger partial charge in [0.15, 0.2) is 0 Å². The summed E-state index contributed by atoms with van der Waals surface area (Å²) in [5.41, 5.74) is 0.594. The Hall–Kier alpha value is -1.89. The Bertz CT molecular complexity index is 838. The predicted molar refractivity (Wildman–Crippen MR) is 98.1 cm³/mol. The van der Waals surface area contributed by atoms with E-state index in [4.69, 9.17) is 11.6 Å². The number of anilines is 1. The standard InChI is InChI=1S/C18H19ClN2O3S/c19-14-9-11-15(12-10-14)20-18(22)17-8-4-5-13-21(17)25(23,24)16-6-2-1-3-7-16/h1-3,6-7,9-12,17H,4-5,8,13H2,(H,20,22)/t17-/m1/s1. The molecule has 0 saturated carbocycles. The summed E-state index contributed by atoms with van der Waals surface area (Å²) in [6.07, 6.45) is 2.07. The number of halogens is 1. The van der Waals surface area contributed by atoms with Crippen molar-refractivity contribution in [1.82, 2.24) is 4.31 Å². The molecule has 0 bridgehead atoms. The lowest BCUT2D eigenvalue weighted by molar-refractivity contribution is -0.120. The van der Waals surface area contributed by atoms with Gasteiger partial charge in [-0.1, -0.05) is 36.2 Å². The zero-order valence-electron chi connectivity index (χ0n) is 13.6. The van der Waals surface area contributed by atoms with Gasteiger partial charge in [-0.2, -0.15) is 4.31 Å². The first kappa shape index (κ1) is 17.9. The lowest BCUT2D eigenvalue weighted by Crippen LogP contribution is -2.49. The molecular formula is C18H19ClN2O3S. The third-order valence-corrected chi connectivity index (χ3v) is 6.39. The molecule has 2 aromatic rings. The second-order valence-corrected chi connectivity index (χ2v) is 8.26. The summed E-state index contributed by atoms with van der Waals surface area (Å²) in [4.78, 5) is 12.9. The summed E-state index contributed by atoms with van der Waals surface area (Å²) in [6.45, 7) is 0.343. The van der Waals surface area contributed by atoms with E-state index in [0.717, 1.165) is 12.8 Å². The minimum absolute atomic E-state index is 0.209. The second-order valence-electron chi connectivity index (χ2n) is 5.94. The van der Waals surface area contributed by atoms with Crippen molar-refractivity contribution in [3.63, 3.8) is 0 Å². The van der Waals surface area contributed by atoms with Crippen molar-refractivity contribution < 1.29 is 13.2 Å². The fraction of sp³-hybridized carbons (Fsp3) is 0.278. The summed E-state index contributed by atoms with van der Waals surface area (Å²) >= 11 is 5.85. The average Bonchev–Trinajstić information content (AvgIpc) is 2.64. The SMILES string of the molecule is O=C(Nc1ccc(Cl)cc1)[C@H]1CCCCN1S(=O)(=O)c1ccccc1. The van der Waals surface area contributed by atoms with Gasteiger partial charge >= 0.3 is 0 Å². The molecule has 1 saturated heterocycles. The van der Waals surface area contributed by atoms with Crippen LogP contribution >= 0.6 is 11.6 Å². The molecule has 5 nitrogen and oxygen atoms in total. The maximum absolute atomic E-state index is 12.9. The van der Waals surface area contributed by atoms with Gasteiger partial charge in [0.2, 0.25) is 15.9 Å². The highest BCUT2D eigenvalue weighted by Crippen LogP contribution is 2.26. The number of amides is 1. The van der Waals surface area contributed by atoms with E-state index < -0.39 is 16.1 Å². The van der Waals surface area contributed by atoms with Crippen molar-refractivity contribution in [3.05, 3.63) is 59.6 Å². The van der Waals surface area contributed by atoms with Gasteiger partial charge in [0, 0.05) is 17.3 Å². The van der Waals surface area contributed by atoms with Crippen LogP contribution in [0.15, 0.2) is 59.5 Å². The molecule has 1 aliphatic rings. The van der Waals surface area contributed by atoms with Gasteiger partial charge in [-0.05, 0) is 49.2 Å². The van der Waals surface area contributed by atoms with Gasteiger partial charge in [-0.3, -0.25) is 4.79 Å². The first-order chi connectivity index (χ1) is 12.0. The van der Waals surface area contributed by atoms with Crippen LogP contribution in [-0.2, 0) is 14.8 Å². The maximum atomic E-state index is 12.9. The van der Waals surface area contributed by atoms with E-state index in [1.165, 1.54) is 4.31 Å². The first-order valence-corrected chi connectivity index (χ1v) is 9.93. The number of carbonyl (C=O) groups excluding carboxylic acids is 1. The monoisotopic (exact) mass is 378 g/mol. The Balaban J connectivity index is 1.83. The number of nitrogens with one attached hydrogen (secondary N) is 1. The first-order valence-electron chi connectivity index (χ1n) is 8.12. The molecule has 0 aromatic heterocycles. The smallest absolute Gasteiger partial charge is 0.243 e. The molecular weight excluding hydrogens is 360 g/mol. The van der Waals surface area contributed by atoms with E-state index in [1.807, 2.05) is 0 Å². The molecule has 132 valence electrons. The molecule has 1 N–H and O–H groups in total. The molecule has 7 heteroatoms. The number of rotatable bonds is 4. The Kier molecular flexibility index (Phi) is 5.42. The van der Waals surface area contributed by atoms with Crippen LogP contribution < -0.4 is 5.32 Å².